The molecule has 3 rings (SSSR count). The Bertz CT molecular complexity index is 1020. The summed E-state index contributed by atoms with van der Waals surface area (Å²) in [6.45, 7) is 7.94. The lowest BCUT2D eigenvalue weighted by atomic mass is 10.0. The highest BCUT2D eigenvalue weighted by molar-refractivity contribution is 6.04. The molecule has 4 heteroatoms. The lowest BCUT2D eigenvalue weighted by Crippen LogP contribution is -3.12. The predicted octanol–water partition coefficient (Wildman–Crippen LogP) is 3.27. The number of fused-ring (bicyclic) bond motifs is 1. The summed E-state index contributed by atoms with van der Waals surface area (Å²) in [4.78, 5) is 29.1. The van der Waals surface area contributed by atoms with Gasteiger partial charge in [0, 0.05) is 16.8 Å². The maximum Gasteiger partial charge on any atom is 0.235 e. The molecule has 1 aromatic heterocycles. The minimum Gasteiger partial charge on any atom is -0.355 e. The van der Waals surface area contributed by atoms with Crippen LogP contribution in [0, 0.1) is 13.8 Å². The second-order valence-corrected chi connectivity index (χ2v) is 7.47. The van der Waals surface area contributed by atoms with Gasteiger partial charge in [-0.3, -0.25) is 9.59 Å². The second kappa shape index (κ2) is 7.49. The summed E-state index contributed by atoms with van der Waals surface area (Å²) in [5.74, 6) is 0.0335. The maximum absolute atomic E-state index is 13.0. The van der Waals surface area contributed by atoms with Gasteiger partial charge in [-0.2, -0.15) is 0 Å². The Hall–Kier alpha value is -2.72. The molecule has 0 aliphatic carbocycles. The number of nitrogens with one attached hydrogen (secondary N) is 2. The van der Waals surface area contributed by atoms with E-state index in [1.165, 1.54) is 23.3 Å². The minimum absolute atomic E-state index is 0.00943. The van der Waals surface area contributed by atoms with Crippen LogP contribution in [0.25, 0.3) is 10.8 Å². The molecule has 140 valence electrons. The first-order valence-corrected chi connectivity index (χ1v) is 9.34. The van der Waals surface area contributed by atoms with Crippen LogP contribution in [0.3, 0.4) is 0 Å². The van der Waals surface area contributed by atoms with Gasteiger partial charge in [0.2, 0.25) is 5.78 Å². The molecule has 0 amide bonds. The fraction of sp³-hybridized carbons (Fsp3) is 0.304. The number of carbonyl (C=O) groups excluding carboxylic acids is 2. The highest BCUT2D eigenvalue weighted by Gasteiger charge is 2.28. The Balaban J connectivity index is 1.80. The standard InChI is InChI=1S/C23H26N2O2/c1-14-21(17(4)26)15(2)24-22(14)23(27)16(3)25(5)13-18-10-11-19-8-6-7-9-20(19)12-18/h6-12,16,24H,13H2,1-5H3/p+1/t16-/m0/s1. The zero-order valence-corrected chi connectivity index (χ0v) is 16.6. The number of Topliss-reactive ketones (excluding diaryl/α,β-unsaturated/α-hetero) is 2. The van der Waals surface area contributed by atoms with E-state index in [1.54, 1.807) is 0 Å². The largest absolute Gasteiger partial charge is 0.355 e. The number of likely N-dealkylation sites (N-methyl/N-ethyl adjacent to an activating group) is 1. The van der Waals surface area contributed by atoms with E-state index < -0.39 is 0 Å². The normalized spacial score (nSPS) is 13.5. The smallest absolute Gasteiger partial charge is 0.235 e. The fourth-order valence-electron chi connectivity index (χ4n) is 3.79. The Morgan fingerprint density at radius 3 is 2.37 bits per heavy atom. The Labute approximate surface area is 160 Å². The number of H-pyrrole nitrogens is 1. The topological polar surface area (TPSA) is 54.4 Å². The van der Waals surface area contributed by atoms with Gasteiger partial charge >= 0.3 is 0 Å². The molecule has 4 nitrogen and oxygen atoms in total. The van der Waals surface area contributed by atoms with Crippen molar-refractivity contribution >= 4 is 22.3 Å². The van der Waals surface area contributed by atoms with E-state index >= 15 is 0 Å². The molecule has 27 heavy (non-hydrogen) atoms. The van der Waals surface area contributed by atoms with E-state index in [9.17, 15) is 9.59 Å². The minimum atomic E-state index is -0.215. The van der Waals surface area contributed by atoms with Crippen LogP contribution in [0.5, 0.6) is 0 Å². The SMILES string of the molecule is CC(=O)c1c(C)[nH]c(C(=O)[C@H](C)[NH+](C)Cc2ccc3ccccc3c2)c1C. The van der Waals surface area contributed by atoms with Crippen molar-refractivity contribution in [1.82, 2.24) is 4.98 Å². The molecule has 1 heterocycles. The summed E-state index contributed by atoms with van der Waals surface area (Å²) in [5.41, 5.74) is 3.92. The molecule has 0 aliphatic heterocycles. The number of carbonyl (C=O) groups is 2. The first-order valence-electron chi connectivity index (χ1n) is 9.34. The third-order valence-electron chi connectivity index (χ3n) is 5.47. The lowest BCUT2D eigenvalue weighted by Gasteiger charge is -2.21. The highest BCUT2D eigenvalue weighted by Crippen LogP contribution is 2.19. The van der Waals surface area contributed by atoms with E-state index in [-0.39, 0.29) is 17.6 Å². The average molecular weight is 363 g/mol. The molecular formula is C23H27N2O2+. The summed E-state index contributed by atoms with van der Waals surface area (Å²) >= 11 is 0. The third-order valence-corrected chi connectivity index (χ3v) is 5.47. The molecule has 1 unspecified atom stereocenters. The highest BCUT2D eigenvalue weighted by atomic mass is 16.1. The molecule has 0 bridgehead atoms. The average Bonchev–Trinajstić information content (AvgIpc) is 2.94. The quantitative estimate of drug-likeness (QED) is 0.661. The molecular weight excluding hydrogens is 336 g/mol. The van der Waals surface area contributed by atoms with Crippen molar-refractivity contribution < 1.29 is 14.5 Å². The zero-order valence-electron chi connectivity index (χ0n) is 16.6. The molecule has 0 radical (unpaired) electrons. The second-order valence-electron chi connectivity index (χ2n) is 7.47. The Morgan fingerprint density at radius 2 is 1.74 bits per heavy atom. The van der Waals surface area contributed by atoms with E-state index in [0.29, 0.717) is 11.3 Å². The van der Waals surface area contributed by atoms with Gasteiger partial charge in [0.05, 0.1) is 12.7 Å². The number of aromatic amines is 1. The van der Waals surface area contributed by atoms with E-state index in [4.69, 9.17) is 0 Å². The molecule has 0 aliphatic rings. The number of quaternary nitrogens is 1. The molecule has 2 N–H and O–H groups in total. The fourth-order valence-corrected chi connectivity index (χ4v) is 3.79. The van der Waals surface area contributed by atoms with Gasteiger partial charge in [-0.1, -0.05) is 36.4 Å². The molecule has 2 atom stereocenters. The number of aromatic nitrogens is 1. The van der Waals surface area contributed by atoms with E-state index in [0.717, 1.165) is 22.7 Å². The number of ketones is 2. The van der Waals surface area contributed by atoms with Crippen LogP contribution in [0.1, 0.15) is 51.5 Å². The Morgan fingerprint density at radius 1 is 1.07 bits per heavy atom. The van der Waals surface area contributed by atoms with Gasteiger partial charge in [0.25, 0.3) is 0 Å². The van der Waals surface area contributed by atoms with Crippen molar-refractivity contribution in [2.45, 2.75) is 40.3 Å². The zero-order chi connectivity index (χ0) is 19.7. The van der Waals surface area contributed by atoms with Crippen molar-refractivity contribution in [3.05, 3.63) is 70.5 Å². The van der Waals surface area contributed by atoms with Crippen LogP contribution in [-0.2, 0) is 6.54 Å². The van der Waals surface area contributed by atoms with Crippen molar-refractivity contribution in [2.75, 3.05) is 7.05 Å². The van der Waals surface area contributed by atoms with Gasteiger partial charge in [-0.25, -0.2) is 0 Å². The monoisotopic (exact) mass is 363 g/mol. The Kier molecular flexibility index (Phi) is 5.29. The first kappa shape index (κ1) is 19.1. The number of hydrogen-bond acceptors (Lipinski definition) is 2. The van der Waals surface area contributed by atoms with Gasteiger partial charge in [0.1, 0.15) is 6.54 Å². The lowest BCUT2D eigenvalue weighted by molar-refractivity contribution is -0.907. The van der Waals surface area contributed by atoms with E-state index in [2.05, 4.69) is 35.3 Å². The van der Waals surface area contributed by atoms with Crippen molar-refractivity contribution in [3.8, 4) is 0 Å². The van der Waals surface area contributed by atoms with Crippen molar-refractivity contribution in [2.24, 2.45) is 0 Å². The maximum atomic E-state index is 13.0. The van der Waals surface area contributed by atoms with Crippen LogP contribution < -0.4 is 4.90 Å². The van der Waals surface area contributed by atoms with Crippen molar-refractivity contribution in [3.63, 3.8) is 0 Å². The van der Waals surface area contributed by atoms with Crippen LogP contribution in [0.4, 0.5) is 0 Å². The molecule has 0 fully saturated rings. The summed E-state index contributed by atoms with van der Waals surface area (Å²) < 4.78 is 0. The summed E-state index contributed by atoms with van der Waals surface area (Å²) in [7, 11) is 2.04. The van der Waals surface area contributed by atoms with E-state index in [1.807, 2.05) is 40.0 Å². The molecule has 0 spiro atoms. The van der Waals surface area contributed by atoms with Crippen LogP contribution >= 0.6 is 0 Å². The summed E-state index contributed by atoms with van der Waals surface area (Å²) in [6.07, 6.45) is 0. The summed E-state index contributed by atoms with van der Waals surface area (Å²) in [5, 5.41) is 2.43. The molecule has 2 aromatic carbocycles. The number of hydrogen-bond donors (Lipinski definition) is 2. The first-order chi connectivity index (χ1) is 12.8. The van der Waals surface area contributed by atoms with Crippen molar-refractivity contribution in [1.29, 1.82) is 0 Å². The predicted molar refractivity (Wildman–Crippen MR) is 109 cm³/mol. The van der Waals surface area contributed by atoms with Gasteiger partial charge < -0.3 is 9.88 Å². The van der Waals surface area contributed by atoms with Crippen LogP contribution in [-0.4, -0.2) is 29.6 Å². The molecule has 0 saturated heterocycles. The van der Waals surface area contributed by atoms with Crippen LogP contribution in [0.2, 0.25) is 0 Å². The molecule has 0 saturated carbocycles. The number of aryl methyl sites for hydroxylation is 1. The van der Waals surface area contributed by atoms with Gasteiger partial charge in [0.15, 0.2) is 11.8 Å². The number of rotatable bonds is 6. The summed E-state index contributed by atoms with van der Waals surface area (Å²) in [6, 6.07) is 14.5. The van der Waals surface area contributed by atoms with Gasteiger partial charge in [-0.15, -0.1) is 0 Å². The molecule has 3 aromatic rings. The van der Waals surface area contributed by atoms with Gasteiger partial charge in [-0.05, 0) is 50.1 Å². The number of benzene rings is 2. The van der Waals surface area contributed by atoms with Crippen LogP contribution in [0.15, 0.2) is 42.5 Å². The third kappa shape index (κ3) is 3.71.